The Bertz CT molecular complexity index is 1100. The van der Waals surface area contributed by atoms with Crippen LogP contribution in [0.25, 0.3) is 15.9 Å². The Kier molecular flexibility index (Phi) is 4.82. The average molecular weight is 408 g/mol. The summed E-state index contributed by atoms with van der Waals surface area (Å²) in [6.07, 6.45) is 10.5. The number of anilines is 3. The number of nitrogens with zero attached hydrogens (tertiary/aromatic N) is 5. The van der Waals surface area contributed by atoms with Crippen LogP contribution in [0.3, 0.4) is 0 Å². The van der Waals surface area contributed by atoms with Crippen molar-refractivity contribution in [2.45, 2.75) is 37.8 Å². The van der Waals surface area contributed by atoms with Crippen molar-refractivity contribution in [1.29, 1.82) is 0 Å². The molecule has 0 amide bonds. The van der Waals surface area contributed by atoms with Gasteiger partial charge in [0.25, 0.3) is 0 Å². The van der Waals surface area contributed by atoms with Crippen LogP contribution < -0.4 is 10.6 Å². The van der Waals surface area contributed by atoms with E-state index < -0.39 is 0 Å². The molecule has 148 valence electrons. The van der Waals surface area contributed by atoms with E-state index in [1.807, 2.05) is 29.8 Å². The summed E-state index contributed by atoms with van der Waals surface area (Å²) < 4.78 is 2.80. The summed E-state index contributed by atoms with van der Waals surface area (Å²) in [6.45, 7) is 0. The zero-order valence-electron chi connectivity index (χ0n) is 15.7. The third-order valence-electron chi connectivity index (χ3n) is 5.09. The Morgan fingerprint density at radius 2 is 2.00 bits per heavy atom. The minimum Gasteiger partial charge on any atom is -0.393 e. The summed E-state index contributed by atoms with van der Waals surface area (Å²) in [5, 5.41) is 23.0. The second kappa shape index (κ2) is 7.76. The third kappa shape index (κ3) is 3.92. The monoisotopic (exact) mass is 407 g/mol. The molecule has 1 aliphatic rings. The number of fused-ring (bicyclic) bond motifs is 1. The molecule has 1 saturated carbocycles. The molecule has 4 aromatic rings. The maximum Gasteiger partial charge on any atom is 0.229 e. The number of pyridine rings is 1. The molecule has 9 heteroatoms. The van der Waals surface area contributed by atoms with Gasteiger partial charge in [0.05, 0.1) is 46.3 Å². The zero-order valence-corrected chi connectivity index (χ0v) is 16.5. The van der Waals surface area contributed by atoms with Crippen molar-refractivity contribution in [3.8, 4) is 5.69 Å². The van der Waals surface area contributed by atoms with Crippen molar-refractivity contribution in [3.63, 3.8) is 0 Å². The van der Waals surface area contributed by atoms with Gasteiger partial charge in [0, 0.05) is 12.2 Å². The van der Waals surface area contributed by atoms with Gasteiger partial charge in [0.15, 0.2) is 0 Å². The van der Waals surface area contributed by atoms with Crippen molar-refractivity contribution in [1.82, 2.24) is 24.7 Å². The number of nitrogens with one attached hydrogen (secondary N) is 2. The Labute approximate surface area is 171 Å². The molecule has 29 heavy (non-hydrogen) atoms. The SMILES string of the molecule is OC1CCC(Nc2nc(Nc3cnn(-c4cccnc4)c3)nc3ccsc23)CC1. The normalized spacial score (nSPS) is 19.3. The van der Waals surface area contributed by atoms with Crippen LogP contribution in [0.2, 0.25) is 0 Å². The average Bonchev–Trinajstić information content (AvgIpc) is 3.40. The molecule has 0 atom stereocenters. The Morgan fingerprint density at radius 1 is 1.10 bits per heavy atom. The number of aromatic nitrogens is 5. The molecule has 0 saturated heterocycles. The highest BCUT2D eigenvalue weighted by Crippen LogP contribution is 2.31. The number of rotatable bonds is 5. The molecule has 0 bridgehead atoms. The lowest BCUT2D eigenvalue weighted by atomic mass is 9.93. The number of thiophene rings is 1. The minimum atomic E-state index is -0.172. The van der Waals surface area contributed by atoms with Crippen LogP contribution in [0.5, 0.6) is 0 Å². The molecule has 1 aliphatic carbocycles. The molecule has 0 aliphatic heterocycles. The molecule has 5 rings (SSSR count). The number of aliphatic hydroxyl groups excluding tert-OH is 1. The van der Waals surface area contributed by atoms with Crippen LogP contribution >= 0.6 is 11.3 Å². The van der Waals surface area contributed by atoms with Gasteiger partial charge in [0.2, 0.25) is 5.95 Å². The van der Waals surface area contributed by atoms with Crippen molar-refractivity contribution in [2.24, 2.45) is 0 Å². The Morgan fingerprint density at radius 3 is 2.83 bits per heavy atom. The van der Waals surface area contributed by atoms with Gasteiger partial charge in [0.1, 0.15) is 5.82 Å². The maximum atomic E-state index is 9.75. The number of hydrogen-bond acceptors (Lipinski definition) is 8. The summed E-state index contributed by atoms with van der Waals surface area (Å²) in [5.41, 5.74) is 2.59. The van der Waals surface area contributed by atoms with Crippen LogP contribution in [-0.4, -0.2) is 42.0 Å². The molecule has 4 aromatic heterocycles. The largest absolute Gasteiger partial charge is 0.393 e. The van der Waals surface area contributed by atoms with E-state index in [0.29, 0.717) is 12.0 Å². The molecular weight excluding hydrogens is 386 g/mol. The van der Waals surface area contributed by atoms with Gasteiger partial charge in [-0.05, 0) is 49.3 Å². The summed E-state index contributed by atoms with van der Waals surface area (Å²) >= 11 is 1.63. The summed E-state index contributed by atoms with van der Waals surface area (Å²) in [7, 11) is 0. The number of aliphatic hydroxyl groups is 1. The van der Waals surface area contributed by atoms with Crippen molar-refractivity contribution in [3.05, 3.63) is 48.4 Å². The van der Waals surface area contributed by atoms with E-state index in [9.17, 15) is 5.11 Å². The lowest BCUT2D eigenvalue weighted by Crippen LogP contribution is -2.28. The van der Waals surface area contributed by atoms with Gasteiger partial charge in [-0.1, -0.05) is 0 Å². The van der Waals surface area contributed by atoms with Crippen molar-refractivity contribution >= 4 is 39.0 Å². The maximum absolute atomic E-state index is 9.75. The lowest BCUT2D eigenvalue weighted by Gasteiger charge is -2.26. The van der Waals surface area contributed by atoms with Gasteiger partial charge in [-0.3, -0.25) is 4.98 Å². The highest BCUT2D eigenvalue weighted by atomic mass is 32.1. The fourth-order valence-corrected chi connectivity index (χ4v) is 4.36. The van der Waals surface area contributed by atoms with Gasteiger partial charge in [-0.15, -0.1) is 11.3 Å². The molecule has 3 N–H and O–H groups in total. The van der Waals surface area contributed by atoms with Crippen molar-refractivity contribution in [2.75, 3.05) is 10.6 Å². The van der Waals surface area contributed by atoms with Crippen LogP contribution in [-0.2, 0) is 0 Å². The molecule has 0 aromatic carbocycles. The minimum absolute atomic E-state index is 0.172. The smallest absolute Gasteiger partial charge is 0.229 e. The first-order chi connectivity index (χ1) is 14.2. The fourth-order valence-electron chi connectivity index (χ4n) is 3.58. The second-order valence-electron chi connectivity index (χ2n) is 7.19. The first-order valence-electron chi connectivity index (χ1n) is 9.66. The van der Waals surface area contributed by atoms with E-state index in [2.05, 4.69) is 25.7 Å². The molecule has 0 unspecified atom stereocenters. The first kappa shape index (κ1) is 18.0. The molecule has 1 fully saturated rings. The summed E-state index contributed by atoms with van der Waals surface area (Å²) in [4.78, 5) is 13.5. The molecule has 4 heterocycles. The lowest BCUT2D eigenvalue weighted by molar-refractivity contribution is 0.126. The Balaban J connectivity index is 1.39. The predicted molar refractivity (Wildman–Crippen MR) is 114 cm³/mol. The summed E-state index contributed by atoms with van der Waals surface area (Å²) in [5.74, 6) is 1.37. The standard InChI is InChI=1S/C20H21N7OS/c28-16-5-3-13(4-6-16)23-19-18-17(7-9-29-18)25-20(26-19)24-14-10-22-27(12-14)15-2-1-8-21-11-15/h1-2,7-13,16,28H,3-6H2,(H2,23,24,25,26). The van der Waals surface area contributed by atoms with Gasteiger partial charge < -0.3 is 15.7 Å². The van der Waals surface area contributed by atoms with E-state index in [-0.39, 0.29) is 6.10 Å². The first-order valence-corrected chi connectivity index (χ1v) is 10.5. The van der Waals surface area contributed by atoms with Gasteiger partial charge >= 0.3 is 0 Å². The molecule has 0 spiro atoms. The van der Waals surface area contributed by atoms with E-state index in [1.165, 1.54) is 0 Å². The van der Waals surface area contributed by atoms with Crippen molar-refractivity contribution < 1.29 is 5.11 Å². The van der Waals surface area contributed by atoms with Gasteiger partial charge in [-0.25, -0.2) is 9.67 Å². The third-order valence-corrected chi connectivity index (χ3v) is 6.00. The molecule has 0 radical (unpaired) electrons. The highest BCUT2D eigenvalue weighted by molar-refractivity contribution is 7.17. The van der Waals surface area contributed by atoms with Crippen LogP contribution in [0.4, 0.5) is 17.5 Å². The predicted octanol–water partition coefficient (Wildman–Crippen LogP) is 3.73. The van der Waals surface area contributed by atoms with E-state index in [0.717, 1.165) is 53.1 Å². The fraction of sp³-hybridized carbons (Fsp3) is 0.300. The van der Waals surface area contributed by atoms with E-state index in [4.69, 9.17) is 4.98 Å². The molecular formula is C20H21N7OS. The highest BCUT2D eigenvalue weighted by Gasteiger charge is 2.21. The van der Waals surface area contributed by atoms with Crippen LogP contribution in [0, 0.1) is 0 Å². The van der Waals surface area contributed by atoms with E-state index in [1.54, 1.807) is 34.6 Å². The van der Waals surface area contributed by atoms with E-state index >= 15 is 0 Å². The zero-order chi connectivity index (χ0) is 19.6. The molecule has 8 nitrogen and oxygen atoms in total. The Hall–Kier alpha value is -3.04. The number of hydrogen-bond donors (Lipinski definition) is 3. The summed E-state index contributed by atoms with van der Waals surface area (Å²) in [6, 6.07) is 6.14. The van der Waals surface area contributed by atoms with Gasteiger partial charge in [-0.2, -0.15) is 10.1 Å². The van der Waals surface area contributed by atoms with Crippen LogP contribution in [0.15, 0.2) is 48.4 Å². The topological polar surface area (TPSA) is 101 Å². The second-order valence-corrected chi connectivity index (χ2v) is 8.11. The van der Waals surface area contributed by atoms with Crippen LogP contribution in [0.1, 0.15) is 25.7 Å². The quantitative estimate of drug-likeness (QED) is 0.463.